The van der Waals surface area contributed by atoms with Crippen molar-refractivity contribution in [3.05, 3.63) is 52.1 Å². The van der Waals surface area contributed by atoms with Gasteiger partial charge in [-0.15, -0.1) is 0 Å². The smallest absolute Gasteiger partial charge is 0.225 e. The standard InChI is InChI=1S/C17H17ClN2O3/c1-9-14(11(3)23-20-9)8-17(21)19-10(2)16-7-12-6-13(18)4-5-15(12)22-16/h4-7,10H,8H2,1-3H3,(H,19,21)/t10-/m0/s1. The SMILES string of the molecule is Cc1noc(C)c1CC(=O)N[C@@H](C)c1cc2cc(Cl)ccc2o1. The number of hydrogen-bond donors (Lipinski definition) is 1. The average molecular weight is 333 g/mol. The Morgan fingerprint density at radius 2 is 2.13 bits per heavy atom. The Balaban J connectivity index is 1.72. The van der Waals surface area contributed by atoms with Gasteiger partial charge in [0, 0.05) is 16.0 Å². The number of halogens is 1. The van der Waals surface area contributed by atoms with Crippen molar-refractivity contribution in [3.8, 4) is 0 Å². The van der Waals surface area contributed by atoms with Gasteiger partial charge in [0.1, 0.15) is 17.1 Å². The summed E-state index contributed by atoms with van der Waals surface area (Å²) < 4.78 is 10.8. The van der Waals surface area contributed by atoms with E-state index >= 15 is 0 Å². The minimum atomic E-state index is -0.242. The Morgan fingerprint density at radius 1 is 1.35 bits per heavy atom. The fourth-order valence-corrected chi connectivity index (χ4v) is 2.71. The van der Waals surface area contributed by atoms with Crippen LogP contribution in [0, 0.1) is 13.8 Å². The van der Waals surface area contributed by atoms with Crippen LogP contribution >= 0.6 is 11.6 Å². The van der Waals surface area contributed by atoms with Gasteiger partial charge in [-0.25, -0.2) is 0 Å². The molecule has 3 aromatic rings. The first-order chi connectivity index (χ1) is 10.9. The second-order valence-electron chi connectivity index (χ2n) is 5.60. The summed E-state index contributed by atoms with van der Waals surface area (Å²) in [5, 5.41) is 8.36. The van der Waals surface area contributed by atoms with Gasteiger partial charge in [-0.05, 0) is 45.0 Å². The van der Waals surface area contributed by atoms with Crippen molar-refractivity contribution in [1.29, 1.82) is 0 Å². The second kappa shape index (κ2) is 6.08. The van der Waals surface area contributed by atoms with E-state index in [2.05, 4.69) is 10.5 Å². The van der Waals surface area contributed by atoms with Crippen LogP contribution in [0.1, 0.15) is 35.7 Å². The lowest BCUT2D eigenvalue weighted by molar-refractivity contribution is -0.121. The number of benzene rings is 1. The highest BCUT2D eigenvalue weighted by Crippen LogP contribution is 2.26. The maximum atomic E-state index is 12.2. The van der Waals surface area contributed by atoms with E-state index in [9.17, 15) is 4.79 Å². The lowest BCUT2D eigenvalue weighted by atomic mass is 10.1. The van der Waals surface area contributed by atoms with Crippen LogP contribution in [0.25, 0.3) is 11.0 Å². The van der Waals surface area contributed by atoms with Crippen molar-refractivity contribution in [2.24, 2.45) is 0 Å². The van der Waals surface area contributed by atoms with Crippen LogP contribution < -0.4 is 5.32 Å². The number of aryl methyl sites for hydroxylation is 2. The number of carbonyl (C=O) groups excluding carboxylic acids is 1. The Morgan fingerprint density at radius 3 is 2.83 bits per heavy atom. The summed E-state index contributed by atoms with van der Waals surface area (Å²) in [6.45, 7) is 5.51. The van der Waals surface area contributed by atoms with Gasteiger partial charge in [0.25, 0.3) is 0 Å². The van der Waals surface area contributed by atoms with Crippen LogP contribution in [0.4, 0.5) is 0 Å². The van der Waals surface area contributed by atoms with Gasteiger partial charge in [0.15, 0.2) is 0 Å². The highest BCUT2D eigenvalue weighted by Gasteiger charge is 2.17. The first-order valence-corrected chi connectivity index (χ1v) is 7.72. The predicted octanol–water partition coefficient (Wildman–Crippen LogP) is 4.11. The molecular formula is C17H17ClN2O3. The number of furan rings is 1. The molecule has 5 nitrogen and oxygen atoms in total. The largest absolute Gasteiger partial charge is 0.459 e. The van der Waals surface area contributed by atoms with Crippen molar-refractivity contribution < 1.29 is 13.7 Å². The molecule has 120 valence electrons. The van der Waals surface area contributed by atoms with Crippen molar-refractivity contribution in [2.75, 3.05) is 0 Å². The van der Waals surface area contributed by atoms with E-state index in [1.165, 1.54) is 0 Å². The number of rotatable bonds is 4. The Bertz CT molecular complexity index is 846. The maximum Gasteiger partial charge on any atom is 0.225 e. The Kier molecular flexibility index (Phi) is 4.13. The van der Waals surface area contributed by atoms with Gasteiger partial charge in [0.05, 0.1) is 18.2 Å². The maximum absolute atomic E-state index is 12.2. The third-order valence-corrected chi connectivity index (χ3v) is 4.06. The molecule has 1 amide bonds. The summed E-state index contributed by atoms with van der Waals surface area (Å²) in [5.41, 5.74) is 2.31. The number of nitrogens with one attached hydrogen (secondary N) is 1. The molecule has 23 heavy (non-hydrogen) atoms. The summed E-state index contributed by atoms with van der Waals surface area (Å²) in [4.78, 5) is 12.2. The molecule has 1 atom stereocenters. The normalized spacial score (nSPS) is 12.5. The second-order valence-corrected chi connectivity index (χ2v) is 6.04. The molecule has 0 saturated carbocycles. The first kappa shape index (κ1) is 15.6. The molecule has 0 unspecified atom stereocenters. The fourth-order valence-electron chi connectivity index (χ4n) is 2.53. The Labute approximate surface area is 138 Å². The lowest BCUT2D eigenvalue weighted by Crippen LogP contribution is -2.28. The number of fused-ring (bicyclic) bond motifs is 1. The van der Waals surface area contributed by atoms with Crippen molar-refractivity contribution >= 4 is 28.5 Å². The number of aromatic nitrogens is 1. The van der Waals surface area contributed by atoms with Gasteiger partial charge >= 0.3 is 0 Å². The van der Waals surface area contributed by atoms with Crippen LogP contribution in [0.2, 0.25) is 5.02 Å². The zero-order valence-corrected chi connectivity index (χ0v) is 13.9. The van der Waals surface area contributed by atoms with Gasteiger partial charge < -0.3 is 14.3 Å². The molecule has 0 bridgehead atoms. The zero-order chi connectivity index (χ0) is 16.6. The van der Waals surface area contributed by atoms with Crippen LogP contribution in [0.15, 0.2) is 33.2 Å². The molecular weight excluding hydrogens is 316 g/mol. The number of carbonyl (C=O) groups is 1. The molecule has 0 aliphatic rings. The molecule has 6 heteroatoms. The van der Waals surface area contributed by atoms with Gasteiger partial charge in [-0.3, -0.25) is 4.79 Å². The minimum Gasteiger partial charge on any atom is -0.459 e. The molecule has 0 spiro atoms. The highest BCUT2D eigenvalue weighted by molar-refractivity contribution is 6.31. The van der Waals surface area contributed by atoms with E-state index in [0.717, 1.165) is 22.2 Å². The lowest BCUT2D eigenvalue weighted by Gasteiger charge is -2.11. The van der Waals surface area contributed by atoms with E-state index < -0.39 is 0 Å². The fraction of sp³-hybridized carbons (Fsp3) is 0.294. The molecule has 0 radical (unpaired) electrons. The number of hydrogen-bond acceptors (Lipinski definition) is 4. The molecule has 1 aromatic carbocycles. The molecule has 1 N–H and O–H groups in total. The van der Waals surface area contributed by atoms with Crippen LogP contribution in [-0.4, -0.2) is 11.1 Å². The van der Waals surface area contributed by atoms with Crippen LogP contribution in [0.5, 0.6) is 0 Å². The zero-order valence-electron chi connectivity index (χ0n) is 13.1. The van der Waals surface area contributed by atoms with E-state index in [-0.39, 0.29) is 18.4 Å². The van der Waals surface area contributed by atoms with Crippen LogP contribution in [-0.2, 0) is 11.2 Å². The number of nitrogens with zero attached hydrogens (tertiary/aromatic N) is 1. The minimum absolute atomic E-state index is 0.106. The third-order valence-electron chi connectivity index (χ3n) is 3.82. The van der Waals surface area contributed by atoms with Crippen molar-refractivity contribution in [1.82, 2.24) is 10.5 Å². The monoisotopic (exact) mass is 332 g/mol. The third kappa shape index (κ3) is 3.24. The topological polar surface area (TPSA) is 68.3 Å². The van der Waals surface area contributed by atoms with Gasteiger partial charge in [-0.1, -0.05) is 16.8 Å². The summed E-state index contributed by atoms with van der Waals surface area (Å²) in [6.07, 6.45) is 0.234. The van der Waals surface area contributed by atoms with E-state index in [1.54, 1.807) is 13.0 Å². The number of amides is 1. The summed E-state index contributed by atoms with van der Waals surface area (Å²) >= 11 is 5.97. The van der Waals surface area contributed by atoms with Crippen LogP contribution in [0.3, 0.4) is 0 Å². The summed E-state index contributed by atoms with van der Waals surface area (Å²) in [5.74, 6) is 1.25. The molecule has 2 aromatic heterocycles. The molecule has 2 heterocycles. The average Bonchev–Trinajstić information content (AvgIpc) is 3.05. The van der Waals surface area contributed by atoms with E-state index in [1.807, 2.05) is 32.0 Å². The molecule has 0 aliphatic carbocycles. The first-order valence-electron chi connectivity index (χ1n) is 7.34. The molecule has 3 rings (SSSR count). The highest BCUT2D eigenvalue weighted by atomic mass is 35.5. The molecule has 0 fully saturated rings. The van der Waals surface area contributed by atoms with E-state index in [0.29, 0.717) is 16.5 Å². The van der Waals surface area contributed by atoms with Crippen molar-refractivity contribution in [3.63, 3.8) is 0 Å². The van der Waals surface area contributed by atoms with Crippen molar-refractivity contribution in [2.45, 2.75) is 33.2 Å². The summed E-state index contributed by atoms with van der Waals surface area (Å²) in [7, 11) is 0. The summed E-state index contributed by atoms with van der Waals surface area (Å²) in [6, 6.07) is 7.08. The van der Waals surface area contributed by atoms with Gasteiger partial charge in [-0.2, -0.15) is 0 Å². The predicted molar refractivity (Wildman–Crippen MR) is 87.5 cm³/mol. The molecule has 0 aliphatic heterocycles. The van der Waals surface area contributed by atoms with E-state index in [4.69, 9.17) is 20.5 Å². The quantitative estimate of drug-likeness (QED) is 0.780. The van der Waals surface area contributed by atoms with Gasteiger partial charge in [0.2, 0.25) is 5.91 Å². The molecule has 0 saturated heterocycles. The Hall–Kier alpha value is -2.27.